The molecule has 0 amide bonds. The predicted octanol–water partition coefficient (Wildman–Crippen LogP) is 3.65. The van der Waals surface area contributed by atoms with Crippen molar-refractivity contribution in [2.24, 2.45) is 0 Å². The van der Waals surface area contributed by atoms with E-state index in [1.807, 2.05) is 18.2 Å². The Balaban J connectivity index is 2.19. The van der Waals surface area contributed by atoms with Crippen LogP contribution in [0.4, 0.5) is 10.1 Å². The summed E-state index contributed by atoms with van der Waals surface area (Å²) in [6, 6.07) is 6.25. The molecule has 0 aliphatic heterocycles. The van der Waals surface area contributed by atoms with Gasteiger partial charge in [0.15, 0.2) is 0 Å². The Hall–Kier alpha value is -1.35. The number of nitrogens with zero attached hydrogens (tertiary/aromatic N) is 1. The molecule has 0 bridgehead atoms. The fourth-order valence-corrected chi connectivity index (χ4v) is 2.42. The van der Waals surface area contributed by atoms with Crippen LogP contribution in [0.2, 0.25) is 0 Å². The van der Waals surface area contributed by atoms with E-state index in [1.54, 1.807) is 6.07 Å². The third-order valence-corrected chi connectivity index (χ3v) is 3.60. The van der Waals surface area contributed by atoms with Gasteiger partial charge in [0.25, 0.3) is 0 Å². The second-order valence-electron chi connectivity index (χ2n) is 5.16. The van der Waals surface area contributed by atoms with E-state index in [0.29, 0.717) is 18.3 Å². The minimum atomic E-state index is -0.129. The summed E-state index contributed by atoms with van der Waals surface area (Å²) in [7, 11) is 0. The molecule has 1 aromatic rings. The van der Waals surface area contributed by atoms with Crippen LogP contribution in [0.1, 0.15) is 38.3 Å². The van der Waals surface area contributed by atoms with Crippen molar-refractivity contribution in [1.29, 1.82) is 0 Å². The first-order chi connectivity index (χ1) is 9.17. The van der Waals surface area contributed by atoms with E-state index >= 15 is 0 Å². The Morgan fingerprint density at radius 3 is 2.79 bits per heavy atom. The third-order valence-electron chi connectivity index (χ3n) is 3.60. The molecule has 1 aliphatic carbocycles. The smallest absolute Gasteiger partial charge is 0.146 e. The Morgan fingerprint density at radius 1 is 1.53 bits per heavy atom. The molecular formula is C16H23FN2. The third kappa shape index (κ3) is 3.35. The maximum absolute atomic E-state index is 14.3. The Labute approximate surface area is 115 Å². The molecule has 0 aromatic heterocycles. The molecule has 0 spiro atoms. The van der Waals surface area contributed by atoms with Crippen molar-refractivity contribution in [2.45, 2.75) is 38.8 Å². The summed E-state index contributed by atoms with van der Waals surface area (Å²) in [5, 5.41) is 3.30. The number of nitrogens with one attached hydrogen (secondary N) is 1. The summed E-state index contributed by atoms with van der Waals surface area (Å²) in [5.74, 6) is -0.129. The molecule has 1 aromatic carbocycles. The van der Waals surface area contributed by atoms with E-state index < -0.39 is 0 Å². The summed E-state index contributed by atoms with van der Waals surface area (Å²) >= 11 is 0. The Bertz CT molecular complexity index is 440. The van der Waals surface area contributed by atoms with Crippen molar-refractivity contribution in [3.8, 4) is 0 Å². The lowest BCUT2D eigenvalue weighted by molar-refractivity contribution is 0.581. The van der Waals surface area contributed by atoms with Crippen LogP contribution in [-0.4, -0.2) is 19.1 Å². The summed E-state index contributed by atoms with van der Waals surface area (Å²) in [4.78, 5) is 2.12. The van der Waals surface area contributed by atoms with Gasteiger partial charge in [0, 0.05) is 18.6 Å². The average molecular weight is 262 g/mol. The van der Waals surface area contributed by atoms with Crippen molar-refractivity contribution in [2.75, 3.05) is 18.0 Å². The normalized spacial score (nSPS) is 16.2. The lowest BCUT2D eigenvalue weighted by Crippen LogP contribution is -2.26. The highest BCUT2D eigenvalue weighted by Crippen LogP contribution is 2.33. The SMILES string of the molecule is C=CCN(c1ccc(C(C)NCC)cc1F)C1CC1. The van der Waals surface area contributed by atoms with E-state index in [-0.39, 0.29) is 11.9 Å². The van der Waals surface area contributed by atoms with E-state index in [0.717, 1.165) is 24.9 Å². The molecule has 1 atom stereocenters. The monoisotopic (exact) mass is 262 g/mol. The summed E-state index contributed by atoms with van der Waals surface area (Å²) in [5.41, 5.74) is 1.70. The molecule has 1 fully saturated rings. The van der Waals surface area contributed by atoms with Crippen molar-refractivity contribution in [3.05, 3.63) is 42.2 Å². The molecule has 1 N–H and O–H groups in total. The van der Waals surface area contributed by atoms with Crippen LogP contribution in [0.15, 0.2) is 30.9 Å². The highest BCUT2D eigenvalue weighted by Gasteiger charge is 2.30. The molecule has 1 saturated carbocycles. The molecule has 2 rings (SSSR count). The van der Waals surface area contributed by atoms with Crippen LogP contribution in [0.5, 0.6) is 0 Å². The number of benzene rings is 1. The first-order valence-corrected chi connectivity index (χ1v) is 7.07. The van der Waals surface area contributed by atoms with Crippen LogP contribution in [0, 0.1) is 5.82 Å². The maximum atomic E-state index is 14.3. The molecule has 1 unspecified atom stereocenters. The van der Waals surface area contributed by atoms with Crippen molar-refractivity contribution in [3.63, 3.8) is 0 Å². The minimum absolute atomic E-state index is 0.129. The van der Waals surface area contributed by atoms with Gasteiger partial charge >= 0.3 is 0 Å². The van der Waals surface area contributed by atoms with Crippen LogP contribution < -0.4 is 10.2 Å². The topological polar surface area (TPSA) is 15.3 Å². The van der Waals surface area contributed by atoms with Crippen LogP contribution in [0.25, 0.3) is 0 Å². The minimum Gasteiger partial charge on any atom is -0.362 e. The molecule has 2 nitrogen and oxygen atoms in total. The van der Waals surface area contributed by atoms with Gasteiger partial charge in [0.1, 0.15) is 5.82 Å². The van der Waals surface area contributed by atoms with E-state index in [2.05, 4.69) is 30.6 Å². The molecule has 0 heterocycles. The van der Waals surface area contributed by atoms with Gasteiger partial charge in [-0.15, -0.1) is 6.58 Å². The van der Waals surface area contributed by atoms with Crippen molar-refractivity contribution < 1.29 is 4.39 Å². The fraction of sp³-hybridized carbons (Fsp3) is 0.500. The highest BCUT2D eigenvalue weighted by molar-refractivity contribution is 5.52. The van der Waals surface area contributed by atoms with Gasteiger partial charge in [-0.25, -0.2) is 4.39 Å². The van der Waals surface area contributed by atoms with Gasteiger partial charge < -0.3 is 10.2 Å². The first-order valence-electron chi connectivity index (χ1n) is 7.07. The number of halogens is 1. The molecule has 104 valence electrons. The number of hydrogen-bond acceptors (Lipinski definition) is 2. The Morgan fingerprint density at radius 2 is 2.26 bits per heavy atom. The van der Waals surface area contributed by atoms with E-state index in [9.17, 15) is 4.39 Å². The quantitative estimate of drug-likeness (QED) is 0.755. The van der Waals surface area contributed by atoms with Crippen molar-refractivity contribution >= 4 is 5.69 Å². The zero-order chi connectivity index (χ0) is 13.8. The first kappa shape index (κ1) is 14.1. The largest absolute Gasteiger partial charge is 0.362 e. The number of anilines is 1. The molecule has 0 saturated heterocycles. The van der Waals surface area contributed by atoms with Gasteiger partial charge in [0.2, 0.25) is 0 Å². The second kappa shape index (κ2) is 6.20. The number of hydrogen-bond donors (Lipinski definition) is 1. The average Bonchev–Trinajstić information content (AvgIpc) is 3.21. The van der Waals surface area contributed by atoms with Crippen LogP contribution in [0.3, 0.4) is 0 Å². The zero-order valence-electron chi connectivity index (χ0n) is 11.8. The van der Waals surface area contributed by atoms with Gasteiger partial charge in [-0.1, -0.05) is 19.1 Å². The van der Waals surface area contributed by atoms with Gasteiger partial charge in [-0.05, 0) is 44.0 Å². The number of rotatable bonds is 7. The van der Waals surface area contributed by atoms with Gasteiger partial charge in [0.05, 0.1) is 5.69 Å². The molecule has 1 aliphatic rings. The molecule has 0 radical (unpaired) electrons. The lowest BCUT2D eigenvalue weighted by Gasteiger charge is -2.24. The predicted molar refractivity (Wildman–Crippen MR) is 79.1 cm³/mol. The molecule has 3 heteroatoms. The zero-order valence-corrected chi connectivity index (χ0v) is 11.8. The van der Waals surface area contributed by atoms with E-state index in [1.165, 1.54) is 0 Å². The Kier molecular flexibility index (Phi) is 4.59. The summed E-state index contributed by atoms with van der Waals surface area (Å²) in [6.45, 7) is 9.47. The fourth-order valence-electron chi connectivity index (χ4n) is 2.42. The van der Waals surface area contributed by atoms with Crippen LogP contribution >= 0.6 is 0 Å². The standard InChI is InChI=1S/C16H23FN2/c1-4-10-19(14-7-8-14)16-9-6-13(11-15(16)17)12(3)18-5-2/h4,6,9,11-12,14,18H,1,5,7-8,10H2,2-3H3. The van der Waals surface area contributed by atoms with E-state index in [4.69, 9.17) is 0 Å². The van der Waals surface area contributed by atoms with Gasteiger partial charge in [-0.3, -0.25) is 0 Å². The summed E-state index contributed by atoms with van der Waals surface area (Å²) in [6.07, 6.45) is 4.15. The molecule has 19 heavy (non-hydrogen) atoms. The highest BCUT2D eigenvalue weighted by atomic mass is 19.1. The summed E-state index contributed by atoms with van der Waals surface area (Å²) < 4.78 is 14.3. The molecular weight excluding hydrogens is 239 g/mol. The van der Waals surface area contributed by atoms with Crippen LogP contribution in [-0.2, 0) is 0 Å². The van der Waals surface area contributed by atoms with Crippen molar-refractivity contribution in [1.82, 2.24) is 5.32 Å². The second-order valence-corrected chi connectivity index (χ2v) is 5.16. The lowest BCUT2D eigenvalue weighted by atomic mass is 10.1. The maximum Gasteiger partial charge on any atom is 0.146 e. The van der Waals surface area contributed by atoms with Gasteiger partial charge in [-0.2, -0.15) is 0 Å².